The average molecular weight is 509 g/mol. The summed E-state index contributed by atoms with van der Waals surface area (Å²) in [6, 6.07) is 4.78. The summed E-state index contributed by atoms with van der Waals surface area (Å²) in [6.07, 6.45) is 6.83. The van der Waals surface area contributed by atoms with Gasteiger partial charge in [-0.1, -0.05) is 36.0 Å². The van der Waals surface area contributed by atoms with Crippen molar-refractivity contribution in [1.29, 1.82) is 0 Å². The van der Waals surface area contributed by atoms with E-state index in [1.807, 2.05) is 9.80 Å². The summed E-state index contributed by atoms with van der Waals surface area (Å²) in [5.41, 5.74) is 0.459. The van der Waals surface area contributed by atoms with E-state index in [1.54, 1.807) is 18.2 Å². The molecule has 0 bridgehead atoms. The van der Waals surface area contributed by atoms with E-state index in [0.29, 0.717) is 67.2 Å². The molecule has 0 unspecified atom stereocenters. The molecule has 7 nitrogen and oxygen atoms in total. The third kappa shape index (κ3) is 6.04. The molecule has 4 rings (SSSR count). The molecule has 186 valence electrons. The summed E-state index contributed by atoms with van der Waals surface area (Å²) in [4.78, 5) is 44.0. The highest BCUT2D eigenvalue weighted by Crippen LogP contribution is 2.31. The van der Waals surface area contributed by atoms with Crippen LogP contribution >= 0.6 is 23.2 Å². The molecule has 1 aromatic carbocycles. The van der Waals surface area contributed by atoms with Crippen LogP contribution in [-0.4, -0.2) is 84.3 Å². The largest absolute Gasteiger partial charge is 0.355 e. The second-order valence-corrected chi connectivity index (χ2v) is 10.4. The number of benzene rings is 1. The van der Waals surface area contributed by atoms with E-state index < -0.39 is 0 Å². The number of carbonyl (C=O) groups excluding carboxylic acids is 3. The molecule has 3 fully saturated rings. The Balaban J connectivity index is 1.31. The van der Waals surface area contributed by atoms with Crippen LogP contribution in [0.3, 0.4) is 0 Å². The number of hydrogen-bond acceptors (Lipinski definition) is 4. The van der Waals surface area contributed by atoms with Gasteiger partial charge in [0.2, 0.25) is 11.8 Å². The lowest BCUT2D eigenvalue weighted by molar-refractivity contribution is -0.129. The molecule has 2 heterocycles. The third-order valence-corrected chi connectivity index (χ3v) is 7.89. The van der Waals surface area contributed by atoms with Crippen LogP contribution in [0.15, 0.2) is 18.2 Å². The van der Waals surface area contributed by atoms with Gasteiger partial charge in [0.05, 0.1) is 16.6 Å². The molecule has 34 heavy (non-hydrogen) atoms. The molecule has 1 N–H and O–H groups in total. The molecule has 0 aromatic heterocycles. The summed E-state index contributed by atoms with van der Waals surface area (Å²) in [5.74, 6) is 0.565. The Hall–Kier alpha value is -1.83. The van der Waals surface area contributed by atoms with Crippen molar-refractivity contribution in [2.24, 2.45) is 5.92 Å². The van der Waals surface area contributed by atoms with Crippen LogP contribution in [0.25, 0.3) is 0 Å². The minimum atomic E-state index is -0.160. The fraction of sp³-hybridized carbons (Fsp3) is 0.640. The van der Waals surface area contributed by atoms with Crippen molar-refractivity contribution in [2.45, 2.75) is 51.0 Å². The standard InChI is InChI=1S/C25H34Cl2N4O3/c26-19-8-9-20(21(27)17-19)25(34)31-15-13-30(14-16-31)23(18-5-1-2-6-18)24(33)28-10-4-12-29-11-3-7-22(29)32/h8-9,17-18,23H,1-7,10-16H2,(H,28,33)/t23-/m1/s1. The van der Waals surface area contributed by atoms with Crippen LogP contribution in [0.2, 0.25) is 10.0 Å². The predicted octanol–water partition coefficient (Wildman–Crippen LogP) is 3.44. The van der Waals surface area contributed by atoms with Gasteiger partial charge < -0.3 is 15.1 Å². The summed E-state index contributed by atoms with van der Waals surface area (Å²) >= 11 is 12.2. The Morgan fingerprint density at radius 2 is 1.76 bits per heavy atom. The van der Waals surface area contributed by atoms with Gasteiger partial charge in [0.15, 0.2) is 0 Å². The number of hydrogen-bond donors (Lipinski definition) is 1. The van der Waals surface area contributed by atoms with Crippen molar-refractivity contribution in [3.8, 4) is 0 Å². The van der Waals surface area contributed by atoms with Gasteiger partial charge in [-0.05, 0) is 49.8 Å². The van der Waals surface area contributed by atoms with Gasteiger partial charge in [-0.25, -0.2) is 0 Å². The molecule has 3 amide bonds. The number of rotatable bonds is 8. The first kappa shape index (κ1) is 25.3. The lowest BCUT2D eigenvalue weighted by Crippen LogP contribution is -2.58. The molecule has 1 aliphatic carbocycles. The highest BCUT2D eigenvalue weighted by molar-refractivity contribution is 6.36. The van der Waals surface area contributed by atoms with Crippen molar-refractivity contribution in [1.82, 2.24) is 20.0 Å². The minimum absolute atomic E-state index is 0.0835. The summed E-state index contributed by atoms with van der Waals surface area (Å²) in [6.45, 7) is 4.57. The molecule has 1 atom stereocenters. The van der Waals surface area contributed by atoms with E-state index in [2.05, 4.69) is 10.2 Å². The van der Waals surface area contributed by atoms with Crippen LogP contribution in [0.5, 0.6) is 0 Å². The fourth-order valence-electron chi connectivity index (χ4n) is 5.51. The first-order valence-electron chi connectivity index (χ1n) is 12.5. The topological polar surface area (TPSA) is 73.0 Å². The zero-order chi connectivity index (χ0) is 24.1. The Labute approximate surface area is 211 Å². The van der Waals surface area contributed by atoms with Gasteiger partial charge in [0.1, 0.15) is 0 Å². The normalized spacial score (nSPS) is 20.7. The van der Waals surface area contributed by atoms with Crippen molar-refractivity contribution in [3.05, 3.63) is 33.8 Å². The van der Waals surface area contributed by atoms with Gasteiger partial charge in [0, 0.05) is 57.3 Å². The maximum absolute atomic E-state index is 13.3. The van der Waals surface area contributed by atoms with Crippen LogP contribution in [0, 0.1) is 5.92 Å². The number of amides is 3. The fourth-order valence-corrected chi connectivity index (χ4v) is 6.00. The SMILES string of the molecule is O=C(NCCCN1CCCC1=O)[C@@H](C1CCCC1)N1CCN(C(=O)c2ccc(Cl)cc2Cl)CC1. The third-order valence-electron chi connectivity index (χ3n) is 7.35. The molecule has 9 heteroatoms. The van der Waals surface area contributed by atoms with Crippen molar-refractivity contribution < 1.29 is 14.4 Å². The number of likely N-dealkylation sites (tertiary alicyclic amines) is 1. The average Bonchev–Trinajstić information content (AvgIpc) is 3.49. The Kier molecular flexibility index (Phi) is 8.72. The second-order valence-electron chi connectivity index (χ2n) is 9.57. The number of nitrogens with zero attached hydrogens (tertiary/aromatic N) is 3. The summed E-state index contributed by atoms with van der Waals surface area (Å²) in [5, 5.41) is 4.00. The molecule has 1 saturated carbocycles. The van der Waals surface area contributed by atoms with E-state index in [0.717, 1.165) is 32.2 Å². The van der Waals surface area contributed by atoms with Gasteiger partial charge in [-0.2, -0.15) is 0 Å². The summed E-state index contributed by atoms with van der Waals surface area (Å²) in [7, 11) is 0. The molecule has 0 spiro atoms. The molecular formula is C25H34Cl2N4O3. The van der Waals surface area contributed by atoms with Crippen molar-refractivity contribution in [2.75, 3.05) is 45.8 Å². The highest BCUT2D eigenvalue weighted by atomic mass is 35.5. The Bertz CT molecular complexity index is 898. The molecular weight excluding hydrogens is 475 g/mol. The second kappa shape index (κ2) is 11.7. The van der Waals surface area contributed by atoms with Gasteiger partial charge >= 0.3 is 0 Å². The minimum Gasteiger partial charge on any atom is -0.355 e. The first-order chi connectivity index (χ1) is 16.4. The van der Waals surface area contributed by atoms with Gasteiger partial charge in [-0.3, -0.25) is 19.3 Å². The molecule has 1 aromatic rings. The van der Waals surface area contributed by atoms with Gasteiger partial charge in [-0.15, -0.1) is 0 Å². The van der Waals surface area contributed by atoms with Crippen LogP contribution in [0.1, 0.15) is 55.3 Å². The Morgan fingerprint density at radius 3 is 2.41 bits per heavy atom. The lowest BCUT2D eigenvalue weighted by Gasteiger charge is -2.40. The van der Waals surface area contributed by atoms with Crippen molar-refractivity contribution in [3.63, 3.8) is 0 Å². The monoisotopic (exact) mass is 508 g/mol. The first-order valence-corrected chi connectivity index (χ1v) is 13.2. The zero-order valence-corrected chi connectivity index (χ0v) is 21.1. The maximum Gasteiger partial charge on any atom is 0.255 e. The smallest absolute Gasteiger partial charge is 0.255 e. The highest BCUT2D eigenvalue weighted by Gasteiger charge is 2.37. The van der Waals surface area contributed by atoms with Crippen LogP contribution in [-0.2, 0) is 9.59 Å². The molecule has 3 aliphatic rings. The van der Waals surface area contributed by atoms with E-state index in [-0.39, 0.29) is 23.8 Å². The Morgan fingerprint density at radius 1 is 1.03 bits per heavy atom. The van der Waals surface area contributed by atoms with Crippen molar-refractivity contribution >= 4 is 40.9 Å². The summed E-state index contributed by atoms with van der Waals surface area (Å²) < 4.78 is 0. The predicted molar refractivity (Wildman–Crippen MR) is 133 cm³/mol. The van der Waals surface area contributed by atoms with E-state index >= 15 is 0 Å². The maximum atomic E-state index is 13.3. The van der Waals surface area contributed by atoms with E-state index in [9.17, 15) is 14.4 Å². The number of halogens is 2. The number of piperazine rings is 1. The van der Waals surface area contributed by atoms with E-state index in [4.69, 9.17) is 23.2 Å². The van der Waals surface area contributed by atoms with Gasteiger partial charge in [0.25, 0.3) is 5.91 Å². The number of nitrogens with one attached hydrogen (secondary N) is 1. The number of carbonyl (C=O) groups is 3. The molecule has 2 aliphatic heterocycles. The molecule has 0 radical (unpaired) electrons. The van der Waals surface area contributed by atoms with Crippen LogP contribution < -0.4 is 5.32 Å². The lowest BCUT2D eigenvalue weighted by atomic mass is 9.95. The van der Waals surface area contributed by atoms with Crippen LogP contribution in [0.4, 0.5) is 0 Å². The molecule has 2 saturated heterocycles. The quantitative estimate of drug-likeness (QED) is 0.545. The van der Waals surface area contributed by atoms with E-state index in [1.165, 1.54) is 12.8 Å². The zero-order valence-electron chi connectivity index (χ0n) is 19.6.